The Kier molecular flexibility index (Phi) is 12.6. The van der Waals surface area contributed by atoms with Gasteiger partial charge >= 0.3 is 0 Å². The highest BCUT2D eigenvalue weighted by Gasteiger charge is 2.27. The number of rotatable bonds is 14. The van der Waals surface area contributed by atoms with Gasteiger partial charge < -0.3 is 4.43 Å². The molecule has 138 valence electrons. The second kappa shape index (κ2) is 12.5. The van der Waals surface area contributed by atoms with Gasteiger partial charge in [0.15, 0.2) is 8.32 Å². The Labute approximate surface area is 151 Å². The van der Waals surface area contributed by atoms with Crippen LogP contribution in [-0.4, -0.2) is 43.6 Å². The molecule has 0 radical (unpaired) electrons. The summed E-state index contributed by atoms with van der Waals surface area (Å²) in [4.78, 5) is 14.4. The molecule has 2 atom stereocenters. The third-order valence-electron chi connectivity index (χ3n) is 4.44. The standard InChI is InChI=1S/C18H39NO2SSi/c1-7-11-18(22)13-10-12-17(20)14-15-23(5,6)21-16(4)19(8-2)9-3/h16,18,22H,7-15H2,1-6H3. The van der Waals surface area contributed by atoms with Crippen LogP contribution in [0, 0.1) is 0 Å². The minimum absolute atomic E-state index is 0.153. The summed E-state index contributed by atoms with van der Waals surface area (Å²) in [5, 5.41) is 0.455. The first-order valence-corrected chi connectivity index (χ1v) is 13.0. The number of nitrogens with zero attached hydrogens (tertiary/aromatic N) is 1. The molecule has 0 bridgehead atoms. The Morgan fingerprint density at radius 1 is 1.13 bits per heavy atom. The average Bonchev–Trinajstić information content (AvgIpc) is 2.46. The van der Waals surface area contributed by atoms with E-state index in [4.69, 9.17) is 4.43 Å². The van der Waals surface area contributed by atoms with E-state index in [0.29, 0.717) is 23.9 Å². The summed E-state index contributed by atoms with van der Waals surface area (Å²) < 4.78 is 6.31. The second-order valence-electron chi connectivity index (χ2n) is 7.07. The lowest BCUT2D eigenvalue weighted by atomic mass is 10.1. The number of Topliss-reactive ketones (excluding diaryl/α,β-unsaturated/α-hetero) is 1. The van der Waals surface area contributed by atoms with Crippen molar-refractivity contribution in [1.29, 1.82) is 0 Å². The van der Waals surface area contributed by atoms with E-state index in [1.54, 1.807) is 0 Å². The Morgan fingerprint density at radius 2 is 1.74 bits per heavy atom. The van der Waals surface area contributed by atoms with Gasteiger partial charge in [-0.2, -0.15) is 12.6 Å². The molecule has 0 aliphatic carbocycles. The highest BCUT2D eigenvalue weighted by molar-refractivity contribution is 7.80. The van der Waals surface area contributed by atoms with Crippen molar-refractivity contribution in [3.05, 3.63) is 0 Å². The zero-order valence-corrected chi connectivity index (χ0v) is 18.1. The summed E-state index contributed by atoms with van der Waals surface area (Å²) >= 11 is 4.56. The summed E-state index contributed by atoms with van der Waals surface area (Å²) in [5.74, 6) is 0.390. The quantitative estimate of drug-likeness (QED) is 0.264. The van der Waals surface area contributed by atoms with Gasteiger partial charge in [0.1, 0.15) is 5.78 Å². The summed E-state index contributed by atoms with van der Waals surface area (Å²) in [6.07, 6.45) is 5.88. The molecule has 2 unspecified atom stereocenters. The number of carbonyl (C=O) groups is 1. The highest BCUT2D eigenvalue weighted by atomic mass is 32.1. The molecule has 0 heterocycles. The Hall–Kier alpha value is 0.157. The van der Waals surface area contributed by atoms with Gasteiger partial charge in [-0.1, -0.05) is 27.2 Å². The molecular weight excluding hydrogens is 322 g/mol. The van der Waals surface area contributed by atoms with E-state index in [0.717, 1.165) is 38.4 Å². The Morgan fingerprint density at radius 3 is 2.26 bits per heavy atom. The van der Waals surface area contributed by atoms with Gasteiger partial charge in [-0.25, -0.2) is 0 Å². The lowest BCUT2D eigenvalue weighted by Crippen LogP contribution is -2.43. The van der Waals surface area contributed by atoms with E-state index in [1.165, 1.54) is 6.42 Å². The van der Waals surface area contributed by atoms with E-state index in [9.17, 15) is 4.79 Å². The predicted octanol–water partition coefficient (Wildman–Crippen LogP) is 5.12. The maximum atomic E-state index is 12.1. The van der Waals surface area contributed by atoms with Crippen LogP contribution in [0.2, 0.25) is 19.1 Å². The molecule has 0 saturated heterocycles. The van der Waals surface area contributed by atoms with Gasteiger partial charge in [0.25, 0.3) is 0 Å². The monoisotopic (exact) mass is 361 g/mol. The van der Waals surface area contributed by atoms with Crippen LogP contribution in [-0.2, 0) is 9.22 Å². The maximum Gasteiger partial charge on any atom is 0.189 e. The number of ketones is 1. The van der Waals surface area contributed by atoms with Crippen LogP contribution in [0.4, 0.5) is 0 Å². The highest BCUT2D eigenvalue weighted by Crippen LogP contribution is 2.19. The lowest BCUT2D eigenvalue weighted by Gasteiger charge is -2.33. The van der Waals surface area contributed by atoms with Crippen LogP contribution in [0.5, 0.6) is 0 Å². The first-order chi connectivity index (χ1) is 10.8. The molecule has 0 rings (SSSR count). The van der Waals surface area contributed by atoms with Gasteiger partial charge in [-0.3, -0.25) is 9.69 Å². The zero-order valence-electron chi connectivity index (χ0n) is 16.2. The van der Waals surface area contributed by atoms with Gasteiger partial charge in [0, 0.05) is 18.1 Å². The summed E-state index contributed by atoms with van der Waals surface area (Å²) in [5.41, 5.74) is 0. The molecule has 3 nitrogen and oxygen atoms in total. The molecular formula is C18H39NO2SSi. The molecule has 0 aromatic carbocycles. The normalized spacial score (nSPS) is 15.0. The Balaban J connectivity index is 4.05. The summed E-state index contributed by atoms with van der Waals surface area (Å²) in [6.45, 7) is 15.1. The van der Waals surface area contributed by atoms with Crippen molar-refractivity contribution < 1.29 is 9.22 Å². The molecule has 0 aromatic rings. The molecule has 0 aliphatic rings. The van der Waals surface area contributed by atoms with Crippen LogP contribution in [0.15, 0.2) is 0 Å². The van der Waals surface area contributed by atoms with Crippen molar-refractivity contribution in [3.8, 4) is 0 Å². The van der Waals surface area contributed by atoms with Crippen molar-refractivity contribution in [1.82, 2.24) is 4.90 Å². The molecule has 0 aliphatic heterocycles. The van der Waals surface area contributed by atoms with Crippen LogP contribution in [0.1, 0.15) is 66.2 Å². The molecule has 0 aromatic heterocycles. The fourth-order valence-electron chi connectivity index (χ4n) is 2.91. The number of hydrogen-bond donors (Lipinski definition) is 1. The minimum atomic E-state index is -1.78. The van der Waals surface area contributed by atoms with E-state index < -0.39 is 8.32 Å². The maximum absolute atomic E-state index is 12.1. The van der Waals surface area contributed by atoms with E-state index in [2.05, 4.69) is 58.3 Å². The molecule has 0 fully saturated rings. The summed E-state index contributed by atoms with van der Waals surface area (Å²) in [7, 11) is -1.78. The van der Waals surface area contributed by atoms with Crippen LogP contribution in [0.25, 0.3) is 0 Å². The molecule has 23 heavy (non-hydrogen) atoms. The van der Waals surface area contributed by atoms with E-state index in [-0.39, 0.29) is 6.23 Å². The van der Waals surface area contributed by atoms with Gasteiger partial charge in [0.05, 0.1) is 6.23 Å². The minimum Gasteiger partial charge on any atom is -0.402 e. The van der Waals surface area contributed by atoms with E-state index >= 15 is 0 Å². The second-order valence-corrected chi connectivity index (χ2v) is 12.1. The number of carbonyl (C=O) groups excluding carboxylic acids is 1. The van der Waals surface area contributed by atoms with Crippen molar-refractivity contribution in [3.63, 3.8) is 0 Å². The van der Waals surface area contributed by atoms with Crippen molar-refractivity contribution in [2.45, 2.75) is 96.8 Å². The van der Waals surface area contributed by atoms with Crippen LogP contribution >= 0.6 is 12.6 Å². The van der Waals surface area contributed by atoms with E-state index in [1.807, 2.05) is 0 Å². The fourth-order valence-corrected chi connectivity index (χ4v) is 5.42. The van der Waals surface area contributed by atoms with Gasteiger partial charge in [0.2, 0.25) is 0 Å². The average molecular weight is 362 g/mol. The topological polar surface area (TPSA) is 29.5 Å². The molecule has 0 saturated carbocycles. The van der Waals surface area contributed by atoms with Gasteiger partial charge in [-0.15, -0.1) is 0 Å². The SMILES string of the molecule is CCCC(S)CCCC(=O)CC[Si](C)(C)OC(C)N(CC)CC. The first kappa shape index (κ1) is 23.2. The first-order valence-electron chi connectivity index (χ1n) is 9.37. The molecule has 0 amide bonds. The smallest absolute Gasteiger partial charge is 0.189 e. The third kappa shape index (κ3) is 11.4. The molecule has 5 heteroatoms. The van der Waals surface area contributed by atoms with Crippen molar-refractivity contribution in [2.24, 2.45) is 0 Å². The zero-order chi connectivity index (χ0) is 17.9. The summed E-state index contributed by atoms with van der Waals surface area (Å²) in [6, 6.07) is 0.927. The van der Waals surface area contributed by atoms with Crippen molar-refractivity contribution >= 4 is 26.7 Å². The number of hydrogen-bond acceptors (Lipinski definition) is 4. The lowest BCUT2D eigenvalue weighted by molar-refractivity contribution is -0.118. The van der Waals surface area contributed by atoms with Crippen LogP contribution < -0.4 is 0 Å². The Bertz CT molecular complexity index is 322. The third-order valence-corrected chi connectivity index (χ3v) is 7.39. The molecule has 0 spiro atoms. The van der Waals surface area contributed by atoms with Crippen LogP contribution in [0.3, 0.4) is 0 Å². The predicted molar refractivity (Wildman–Crippen MR) is 107 cm³/mol. The molecule has 0 N–H and O–H groups in total. The number of thiol groups is 1. The largest absolute Gasteiger partial charge is 0.402 e. The fraction of sp³-hybridized carbons (Fsp3) is 0.944. The van der Waals surface area contributed by atoms with Gasteiger partial charge in [-0.05, 0) is 58.4 Å². The van der Waals surface area contributed by atoms with Crippen molar-refractivity contribution in [2.75, 3.05) is 13.1 Å².